The van der Waals surface area contributed by atoms with Crippen molar-refractivity contribution in [3.63, 3.8) is 0 Å². The van der Waals surface area contributed by atoms with E-state index in [1.165, 1.54) is 18.3 Å². The summed E-state index contributed by atoms with van der Waals surface area (Å²) in [6.45, 7) is 0. The highest BCUT2D eigenvalue weighted by Gasteiger charge is 2.02. The molecule has 17 heavy (non-hydrogen) atoms. The van der Waals surface area contributed by atoms with Gasteiger partial charge >= 0.3 is 0 Å². The Hall–Kier alpha value is -2.48. The van der Waals surface area contributed by atoms with Crippen LogP contribution in [0.4, 0.5) is 20.3 Å². The number of pyridine rings is 1. The molecule has 0 atom stereocenters. The minimum absolute atomic E-state index is 0.241. The second kappa shape index (κ2) is 4.58. The highest BCUT2D eigenvalue weighted by atomic mass is 19.1. The molecule has 0 amide bonds. The van der Waals surface area contributed by atoms with Crippen LogP contribution in [0.3, 0.4) is 0 Å². The number of nitrogens with one attached hydrogen (secondary N) is 1. The Morgan fingerprint density at radius 2 is 1.82 bits per heavy atom. The Balaban J connectivity index is 2.28. The fourth-order valence-electron chi connectivity index (χ4n) is 1.34. The van der Waals surface area contributed by atoms with Crippen molar-refractivity contribution in [3.8, 4) is 6.07 Å². The third kappa shape index (κ3) is 2.75. The van der Waals surface area contributed by atoms with E-state index in [1.54, 1.807) is 0 Å². The molecule has 0 saturated heterocycles. The topological polar surface area (TPSA) is 48.7 Å². The number of rotatable bonds is 2. The van der Waals surface area contributed by atoms with E-state index in [4.69, 9.17) is 5.26 Å². The van der Waals surface area contributed by atoms with Crippen LogP contribution in [-0.2, 0) is 0 Å². The average Bonchev–Trinajstić information content (AvgIpc) is 2.28. The quantitative estimate of drug-likeness (QED) is 0.864. The lowest BCUT2D eigenvalue weighted by Crippen LogP contribution is -1.95. The Morgan fingerprint density at radius 1 is 1.12 bits per heavy atom. The molecular formula is C12H7F2N3. The summed E-state index contributed by atoms with van der Waals surface area (Å²) in [6.07, 6.45) is 1.44. The third-order valence-electron chi connectivity index (χ3n) is 2.02. The molecule has 1 aromatic heterocycles. The van der Waals surface area contributed by atoms with Crippen molar-refractivity contribution in [2.45, 2.75) is 0 Å². The number of nitriles is 1. The Morgan fingerprint density at radius 3 is 2.47 bits per heavy atom. The molecule has 84 valence electrons. The average molecular weight is 231 g/mol. The summed E-state index contributed by atoms with van der Waals surface area (Å²) in [7, 11) is 0. The van der Waals surface area contributed by atoms with Gasteiger partial charge < -0.3 is 5.32 Å². The maximum Gasteiger partial charge on any atom is 0.131 e. The van der Waals surface area contributed by atoms with E-state index in [0.29, 0.717) is 11.4 Å². The predicted molar refractivity (Wildman–Crippen MR) is 58.6 cm³/mol. The first-order valence-corrected chi connectivity index (χ1v) is 4.76. The zero-order chi connectivity index (χ0) is 12.3. The van der Waals surface area contributed by atoms with Crippen LogP contribution in [0.2, 0.25) is 0 Å². The minimum Gasteiger partial charge on any atom is -0.340 e. The molecule has 0 radical (unpaired) electrons. The SMILES string of the molecule is N#Cc1ccnc(Nc2cc(F)cc(F)c2)c1. The third-order valence-corrected chi connectivity index (χ3v) is 2.02. The van der Waals surface area contributed by atoms with Crippen LogP contribution in [0, 0.1) is 23.0 Å². The van der Waals surface area contributed by atoms with E-state index >= 15 is 0 Å². The molecule has 0 aliphatic heterocycles. The molecule has 3 nitrogen and oxygen atoms in total. The summed E-state index contributed by atoms with van der Waals surface area (Å²) in [5.41, 5.74) is 0.657. The lowest BCUT2D eigenvalue weighted by atomic mass is 10.2. The number of hydrogen-bond acceptors (Lipinski definition) is 3. The largest absolute Gasteiger partial charge is 0.340 e. The van der Waals surface area contributed by atoms with Gasteiger partial charge in [0, 0.05) is 18.0 Å². The Kier molecular flexibility index (Phi) is 2.97. The number of nitrogens with zero attached hydrogens (tertiary/aromatic N) is 2. The number of benzene rings is 1. The summed E-state index contributed by atoms with van der Waals surface area (Å²) in [5.74, 6) is -0.998. The van der Waals surface area contributed by atoms with Gasteiger partial charge in [0.15, 0.2) is 0 Å². The molecule has 0 unspecified atom stereocenters. The van der Waals surface area contributed by atoms with Crippen molar-refractivity contribution in [1.29, 1.82) is 5.26 Å². The van der Waals surface area contributed by atoms with E-state index in [9.17, 15) is 8.78 Å². The Labute approximate surface area is 96.3 Å². The normalized spacial score (nSPS) is 9.71. The number of anilines is 2. The Bertz CT molecular complexity index is 570. The van der Waals surface area contributed by atoms with Crippen molar-refractivity contribution in [3.05, 3.63) is 53.7 Å². The van der Waals surface area contributed by atoms with E-state index in [-0.39, 0.29) is 5.69 Å². The molecule has 0 aliphatic rings. The number of hydrogen-bond donors (Lipinski definition) is 1. The van der Waals surface area contributed by atoms with E-state index < -0.39 is 11.6 Å². The first-order chi connectivity index (χ1) is 8.17. The summed E-state index contributed by atoms with van der Waals surface area (Å²) in [5, 5.41) is 11.4. The van der Waals surface area contributed by atoms with Crippen molar-refractivity contribution in [2.75, 3.05) is 5.32 Å². The van der Waals surface area contributed by atoms with Crippen LogP contribution >= 0.6 is 0 Å². The van der Waals surface area contributed by atoms with E-state index in [1.807, 2.05) is 6.07 Å². The van der Waals surface area contributed by atoms with Crippen LogP contribution in [0.5, 0.6) is 0 Å². The second-order valence-electron chi connectivity index (χ2n) is 3.32. The van der Waals surface area contributed by atoms with Crippen LogP contribution in [0.15, 0.2) is 36.5 Å². The van der Waals surface area contributed by atoms with Crippen LogP contribution in [0.1, 0.15) is 5.56 Å². The van der Waals surface area contributed by atoms with E-state index in [2.05, 4.69) is 10.3 Å². The number of aromatic nitrogens is 1. The fourth-order valence-corrected chi connectivity index (χ4v) is 1.34. The van der Waals surface area contributed by atoms with Gasteiger partial charge in [-0.2, -0.15) is 5.26 Å². The molecule has 1 aromatic carbocycles. The smallest absolute Gasteiger partial charge is 0.131 e. The van der Waals surface area contributed by atoms with Crippen LogP contribution in [0.25, 0.3) is 0 Å². The first-order valence-electron chi connectivity index (χ1n) is 4.76. The van der Waals surface area contributed by atoms with Gasteiger partial charge in [-0.1, -0.05) is 0 Å². The molecule has 1 heterocycles. The summed E-state index contributed by atoms with van der Waals surface area (Å²) in [4.78, 5) is 3.93. The molecular weight excluding hydrogens is 224 g/mol. The standard InChI is InChI=1S/C12H7F2N3/c13-9-4-10(14)6-11(5-9)17-12-3-8(7-15)1-2-16-12/h1-6H,(H,16,17). The first kappa shape index (κ1) is 11.0. The van der Waals surface area contributed by atoms with Gasteiger partial charge in [0.2, 0.25) is 0 Å². The molecule has 1 N–H and O–H groups in total. The van der Waals surface area contributed by atoms with Crippen LogP contribution in [-0.4, -0.2) is 4.98 Å². The lowest BCUT2D eigenvalue weighted by molar-refractivity contribution is 0.584. The summed E-state index contributed by atoms with van der Waals surface area (Å²) in [6, 6.07) is 8.04. The molecule has 0 spiro atoms. The maximum absolute atomic E-state index is 12.9. The molecule has 0 fully saturated rings. The predicted octanol–water partition coefficient (Wildman–Crippen LogP) is 2.98. The van der Waals surface area contributed by atoms with Gasteiger partial charge in [-0.15, -0.1) is 0 Å². The minimum atomic E-state index is -0.677. The highest BCUT2D eigenvalue weighted by molar-refractivity contribution is 5.57. The zero-order valence-corrected chi connectivity index (χ0v) is 8.61. The number of halogens is 2. The monoisotopic (exact) mass is 231 g/mol. The van der Waals surface area contributed by atoms with Crippen molar-refractivity contribution in [1.82, 2.24) is 4.98 Å². The highest BCUT2D eigenvalue weighted by Crippen LogP contribution is 2.17. The maximum atomic E-state index is 12.9. The fraction of sp³-hybridized carbons (Fsp3) is 0. The van der Waals surface area contributed by atoms with Crippen molar-refractivity contribution >= 4 is 11.5 Å². The summed E-state index contributed by atoms with van der Waals surface area (Å²) >= 11 is 0. The molecule has 2 aromatic rings. The van der Waals surface area contributed by atoms with E-state index in [0.717, 1.165) is 18.2 Å². The second-order valence-corrected chi connectivity index (χ2v) is 3.32. The van der Waals surface area contributed by atoms with Gasteiger partial charge in [0.05, 0.1) is 11.6 Å². The molecule has 0 bridgehead atoms. The van der Waals surface area contributed by atoms with Gasteiger partial charge in [0.1, 0.15) is 17.5 Å². The molecule has 2 rings (SSSR count). The summed E-state index contributed by atoms with van der Waals surface area (Å²) < 4.78 is 25.8. The lowest BCUT2D eigenvalue weighted by Gasteiger charge is -2.05. The van der Waals surface area contributed by atoms with Gasteiger partial charge in [-0.05, 0) is 24.3 Å². The van der Waals surface area contributed by atoms with Gasteiger partial charge in [-0.25, -0.2) is 13.8 Å². The molecule has 0 saturated carbocycles. The van der Waals surface area contributed by atoms with Crippen molar-refractivity contribution in [2.24, 2.45) is 0 Å². The van der Waals surface area contributed by atoms with Crippen LogP contribution < -0.4 is 5.32 Å². The molecule has 0 aliphatic carbocycles. The van der Waals surface area contributed by atoms with Crippen molar-refractivity contribution < 1.29 is 8.78 Å². The molecule has 5 heteroatoms. The zero-order valence-electron chi connectivity index (χ0n) is 8.61. The van der Waals surface area contributed by atoms with Gasteiger partial charge in [0.25, 0.3) is 0 Å². The van der Waals surface area contributed by atoms with Gasteiger partial charge in [-0.3, -0.25) is 0 Å².